The van der Waals surface area contributed by atoms with Crippen molar-refractivity contribution in [1.29, 1.82) is 0 Å². The van der Waals surface area contributed by atoms with Crippen molar-refractivity contribution in [3.8, 4) is 11.4 Å². The number of nitrogens with zero attached hydrogens (tertiary/aromatic N) is 4. The lowest BCUT2D eigenvalue weighted by Gasteiger charge is -2.07. The van der Waals surface area contributed by atoms with E-state index in [9.17, 15) is 0 Å². The summed E-state index contributed by atoms with van der Waals surface area (Å²) in [6.07, 6.45) is 3.62. The van der Waals surface area contributed by atoms with Crippen LogP contribution in [0.2, 0.25) is 0 Å². The van der Waals surface area contributed by atoms with E-state index >= 15 is 0 Å². The van der Waals surface area contributed by atoms with E-state index in [0.717, 1.165) is 16.1 Å². The van der Waals surface area contributed by atoms with Gasteiger partial charge in [0.1, 0.15) is 18.4 Å². The molecule has 0 atom stereocenters. The van der Waals surface area contributed by atoms with Crippen LogP contribution in [0.5, 0.6) is 0 Å². The molecular formula is C13H13N5OS. The summed E-state index contributed by atoms with van der Waals surface area (Å²) in [6.45, 7) is 0. The smallest absolute Gasteiger partial charge is 0.197 e. The van der Waals surface area contributed by atoms with Gasteiger partial charge < -0.3 is 10.6 Å². The lowest BCUT2D eigenvalue weighted by atomic mass is 10.2. The van der Waals surface area contributed by atoms with Crippen molar-refractivity contribution in [2.24, 2.45) is 0 Å². The summed E-state index contributed by atoms with van der Waals surface area (Å²) in [7, 11) is 1.57. The van der Waals surface area contributed by atoms with Crippen molar-refractivity contribution in [2.75, 3.05) is 19.1 Å². The summed E-state index contributed by atoms with van der Waals surface area (Å²) >= 11 is 1.57. The number of pyridine rings is 2. The Morgan fingerprint density at radius 2 is 2.10 bits per heavy atom. The molecule has 6 nitrogen and oxygen atoms in total. The van der Waals surface area contributed by atoms with E-state index in [2.05, 4.69) is 15.0 Å². The number of hydrogen-bond acceptors (Lipinski definition) is 6. The Labute approximate surface area is 120 Å². The third kappa shape index (κ3) is 1.96. The number of nitrogen functional groups attached to an aromatic ring is 1. The Balaban J connectivity index is 2.29. The third-order valence-corrected chi connectivity index (χ3v) is 3.56. The second-order valence-electron chi connectivity index (χ2n) is 4.04. The third-order valence-electron chi connectivity index (χ3n) is 2.91. The van der Waals surface area contributed by atoms with Crippen LogP contribution in [0.15, 0.2) is 35.5 Å². The van der Waals surface area contributed by atoms with Gasteiger partial charge in [0.25, 0.3) is 0 Å². The fraction of sp³-hybridized carbons (Fsp3) is 0.154. The predicted molar refractivity (Wildman–Crippen MR) is 79.5 cm³/mol. The molecule has 3 aromatic rings. The molecule has 0 aliphatic carbocycles. The van der Waals surface area contributed by atoms with Gasteiger partial charge in [-0.1, -0.05) is 0 Å². The molecule has 20 heavy (non-hydrogen) atoms. The first-order valence-electron chi connectivity index (χ1n) is 5.93. The van der Waals surface area contributed by atoms with Gasteiger partial charge >= 0.3 is 0 Å². The fourth-order valence-corrected chi connectivity index (χ4v) is 2.36. The summed E-state index contributed by atoms with van der Waals surface area (Å²) in [5, 5.41) is 0.904. The second-order valence-corrected chi connectivity index (χ2v) is 4.87. The molecule has 0 fully saturated rings. The summed E-state index contributed by atoms with van der Waals surface area (Å²) in [6, 6.07) is 7.51. The van der Waals surface area contributed by atoms with Crippen LogP contribution in [0.4, 0.5) is 5.82 Å². The summed E-state index contributed by atoms with van der Waals surface area (Å²) in [5.41, 5.74) is 8.05. The molecule has 0 spiro atoms. The number of anilines is 1. The van der Waals surface area contributed by atoms with E-state index in [1.54, 1.807) is 29.8 Å². The van der Waals surface area contributed by atoms with Crippen LogP contribution in [0.1, 0.15) is 0 Å². The highest BCUT2D eigenvalue weighted by molar-refractivity contribution is 7.98. The zero-order valence-corrected chi connectivity index (χ0v) is 11.9. The zero-order chi connectivity index (χ0) is 14.1. The largest absolute Gasteiger partial charge is 0.413 e. The molecule has 0 unspecified atom stereocenters. The van der Waals surface area contributed by atoms with Crippen LogP contribution >= 0.6 is 11.8 Å². The number of nitrogens with two attached hydrogens (primary N) is 1. The average Bonchev–Trinajstić information content (AvgIpc) is 2.84. The number of imidazole rings is 1. The molecular weight excluding hydrogens is 274 g/mol. The molecule has 0 radical (unpaired) electrons. The monoisotopic (exact) mass is 287 g/mol. The van der Waals surface area contributed by atoms with Gasteiger partial charge in [-0.15, -0.1) is 16.5 Å². The van der Waals surface area contributed by atoms with Gasteiger partial charge in [0, 0.05) is 6.20 Å². The van der Waals surface area contributed by atoms with E-state index in [0.29, 0.717) is 17.3 Å². The number of thioether (sulfide) groups is 1. The molecule has 3 aromatic heterocycles. The number of fused-ring (bicyclic) bond motifs is 1. The quantitative estimate of drug-likeness (QED) is 0.741. The van der Waals surface area contributed by atoms with Crippen LogP contribution < -0.4 is 10.6 Å². The summed E-state index contributed by atoms with van der Waals surface area (Å²) < 4.78 is 1.57. The number of rotatable bonds is 3. The number of hydrogen-bond donors (Lipinski definition) is 1. The first-order valence-corrected chi connectivity index (χ1v) is 7.16. The van der Waals surface area contributed by atoms with Gasteiger partial charge in [0.05, 0.1) is 10.6 Å². The molecule has 0 aromatic carbocycles. The van der Waals surface area contributed by atoms with Gasteiger partial charge in [-0.05, 0) is 30.5 Å². The predicted octanol–water partition coefficient (Wildman–Crippen LogP) is 1.86. The molecule has 3 rings (SSSR count). The molecule has 102 valence electrons. The second kappa shape index (κ2) is 5.01. The molecule has 0 aliphatic rings. The maximum atomic E-state index is 5.91. The summed E-state index contributed by atoms with van der Waals surface area (Å²) in [4.78, 5) is 18.5. The Hall–Kier alpha value is -2.28. The van der Waals surface area contributed by atoms with E-state index in [1.807, 2.05) is 30.5 Å². The van der Waals surface area contributed by atoms with Crippen LogP contribution in [0.3, 0.4) is 0 Å². The molecule has 0 saturated carbocycles. The van der Waals surface area contributed by atoms with Crippen LogP contribution in [-0.2, 0) is 0 Å². The topological polar surface area (TPSA) is 78.9 Å². The average molecular weight is 287 g/mol. The number of aromatic nitrogens is 4. The Morgan fingerprint density at radius 1 is 1.25 bits per heavy atom. The van der Waals surface area contributed by atoms with Gasteiger partial charge in [-0.2, -0.15) is 0 Å². The van der Waals surface area contributed by atoms with Crippen molar-refractivity contribution in [3.63, 3.8) is 0 Å². The standard InChI is InChI=1S/C13H13N5OS/c1-19-18-12(8-4-3-7-15-11(8)14)16-9-5-6-10(20-2)17-13(9)18/h3-7H,1-2H3,(H2,14,15). The summed E-state index contributed by atoms with van der Waals surface area (Å²) in [5.74, 6) is 1.00. The highest BCUT2D eigenvalue weighted by Crippen LogP contribution is 2.27. The first-order chi connectivity index (χ1) is 9.74. The lowest BCUT2D eigenvalue weighted by molar-refractivity contribution is 0.180. The van der Waals surface area contributed by atoms with Crippen molar-refractivity contribution < 1.29 is 4.84 Å². The highest BCUT2D eigenvalue weighted by atomic mass is 32.2. The Kier molecular flexibility index (Phi) is 3.19. The van der Waals surface area contributed by atoms with Gasteiger partial charge in [0.2, 0.25) is 0 Å². The van der Waals surface area contributed by atoms with Gasteiger partial charge in [-0.25, -0.2) is 15.0 Å². The molecule has 0 aliphatic heterocycles. The van der Waals surface area contributed by atoms with Crippen molar-refractivity contribution >= 4 is 28.7 Å². The maximum absolute atomic E-state index is 5.91. The van der Waals surface area contributed by atoms with Crippen LogP contribution in [0.25, 0.3) is 22.6 Å². The Bertz CT molecular complexity index is 771. The first kappa shape index (κ1) is 12.7. The van der Waals surface area contributed by atoms with E-state index in [4.69, 9.17) is 10.6 Å². The SMILES string of the molecule is COn1c(-c2cccnc2N)nc2ccc(SC)nc21. The molecule has 3 heterocycles. The van der Waals surface area contributed by atoms with Crippen molar-refractivity contribution in [3.05, 3.63) is 30.5 Å². The van der Waals surface area contributed by atoms with E-state index in [1.165, 1.54) is 0 Å². The minimum atomic E-state index is 0.409. The minimum absolute atomic E-state index is 0.409. The van der Waals surface area contributed by atoms with Crippen molar-refractivity contribution in [2.45, 2.75) is 5.03 Å². The van der Waals surface area contributed by atoms with E-state index < -0.39 is 0 Å². The zero-order valence-electron chi connectivity index (χ0n) is 11.1. The molecule has 7 heteroatoms. The van der Waals surface area contributed by atoms with E-state index in [-0.39, 0.29) is 0 Å². The molecule has 0 bridgehead atoms. The van der Waals surface area contributed by atoms with Gasteiger partial charge in [-0.3, -0.25) is 0 Å². The fourth-order valence-electron chi connectivity index (χ4n) is 1.98. The molecule has 0 saturated heterocycles. The molecule has 2 N–H and O–H groups in total. The normalized spacial score (nSPS) is 10.9. The van der Waals surface area contributed by atoms with Crippen LogP contribution in [0, 0.1) is 0 Å². The Morgan fingerprint density at radius 3 is 2.80 bits per heavy atom. The van der Waals surface area contributed by atoms with Crippen molar-refractivity contribution in [1.82, 2.24) is 19.7 Å². The minimum Gasteiger partial charge on any atom is -0.413 e. The lowest BCUT2D eigenvalue weighted by Crippen LogP contribution is -2.09. The molecule has 0 amide bonds. The highest BCUT2D eigenvalue weighted by Gasteiger charge is 2.17. The van der Waals surface area contributed by atoms with Crippen LogP contribution in [-0.4, -0.2) is 33.0 Å². The maximum Gasteiger partial charge on any atom is 0.197 e. The van der Waals surface area contributed by atoms with Gasteiger partial charge in [0.15, 0.2) is 11.5 Å².